The average molecular weight is 317 g/mol. The molecule has 1 aromatic carbocycles. The van der Waals surface area contributed by atoms with E-state index in [1.54, 1.807) is 0 Å². The maximum Gasteiger partial charge on any atom is 0.305 e. The zero-order chi connectivity index (χ0) is 16.3. The SMILES string of the molecule is O=C(O)CC1(NC(=O)[C@H]2CCCc3ccccc32)CCOCC1. The standard InChI is InChI=1S/C18H23NO4/c20-16(21)12-18(8-10-23-11-9-18)19-17(22)15-7-3-5-13-4-1-2-6-14(13)15/h1-2,4,6,15H,3,5,7-12H2,(H,19,22)(H,20,21)/t15-/m0/s1. The van der Waals surface area contributed by atoms with Gasteiger partial charge >= 0.3 is 5.97 Å². The first kappa shape index (κ1) is 16.0. The second-order valence-corrected chi connectivity index (χ2v) is 6.60. The third-order valence-electron chi connectivity index (χ3n) is 5.01. The van der Waals surface area contributed by atoms with E-state index in [0.717, 1.165) is 24.8 Å². The molecular weight excluding hydrogens is 294 g/mol. The predicted octanol–water partition coefficient (Wildman–Crippen LogP) is 2.25. The van der Waals surface area contributed by atoms with Crippen molar-refractivity contribution < 1.29 is 19.4 Å². The maximum absolute atomic E-state index is 12.9. The van der Waals surface area contributed by atoms with Gasteiger partial charge in [-0.1, -0.05) is 24.3 Å². The summed E-state index contributed by atoms with van der Waals surface area (Å²) in [7, 11) is 0. The third kappa shape index (κ3) is 3.55. The van der Waals surface area contributed by atoms with E-state index in [4.69, 9.17) is 4.74 Å². The fraction of sp³-hybridized carbons (Fsp3) is 0.556. The van der Waals surface area contributed by atoms with Gasteiger partial charge in [-0.15, -0.1) is 0 Å². The number of aliphatic carboxylic acids is 1. The molecule has 1 fully saturated rings. The molecule has 0 aromatic heterocycles. The number of amides is 1. The molecular formula is C18H23NO4. The van der Waals surface area contributed by atoms with Crippen LogP contribution in [-0.2, 0) is 20.7 Å². The quantitative estimate of drug-likeness (QED) is 0.893. The Hall–Kier alpha value is -1.88. The first-order valence-corrected chi connectivity index (χ1v) is 8.29. The molecule has 0 bridgehead atoms. The van der Waals surface area contributed by atoms with Crippen LogP contribution in [0.3, 0.4) is 0 Å². The molecule has 1 aliphatic carbocycles. The Bertz CT molecular complexity index is 592. The minimum Gasteiger partial charge on any atom is -0.481 e. The minimum absolute atomic E-state index is 0.0414. The zero-order valence-corrected chi connectivity index (χ0v) is 13.2. The number of carboxylic acids is 1. The molecule has 1 amide bonds. The van der Waals surface area contributed by atoms with Gasteiger partial charge < -0.3 is 15.2 Å². The number of carboxylic acid groups (broad SMARTS) is 1. The molecule has 5 heteroatoms. The van der Waals surface area contributed by atoms with Gasteiger partial charge in [0, 0.05) is 13.2 Å². The highest BCUT2D eigenvalue weighted by molar-refractivity contribution is 5.85. The van der Waals surface area contributed by atoms with E-state index in [1.165, 1.54) is 5.56 Å². The number of hydrogen-bond acceptors (Lipinski definition) is 3. The van der Waals surface area contributed by atoms with Gasteiger partial charge in [0.1, 0.15) is 0 Å². The summed E-state index contributed by atoms with van der Waals surface area (Å²) in [5.74, 6) is -1.09. The maximum atomic E-state index is 12.9. The molecule has 1 saturated heterocycles. The van der Waals surface area contributed by atoms with Gasteiger partial charge in [0.25, 0.3) is 0 Å². The number of benzene rings is 1. The summed E-state index contributed by atoms with van der Waals surface area (Å²) in [5.41, 5.74) is 1.65. The van der Waals surface area contributed by atoms with E-state index in [1.807, 2.05) is 18.2 Å². The molecule has 0 spiro atoms. The van der Waals surface area contributed by atoms with Gasteiger partial charge in [-0.25, -0.2) is 0 Å². The fourth-order valence-corrected chi connectivity index (χ4v) is 3.77. The summed E-state index contributed by atoms with van der Waals surface area (Å²) in [6, 6.07) is 8.07. The van der Waals surface area contributed by atoms with Crippen LogP contribution in [0.4, 0.5) is 0 Å². The summed E-state index contributed by atoms with van der Waals surface area (Å²) < 4.78 is 5.35. The Morgan fingerprint density at radius 2 is 2.00 bits per heavy atom. The van der Waals surface area contributed by atoms with Crippen molar-refractivity contribution in [3.8, 4) is 0 Å². The minimum atomic E-state index is -0.878. The van der Waals surface area contributed by atoms with E-state index in [2.05, 4.69) is 11.4 Å². The summed E-state index contributed by atoms with van der Waals surface area (Å²) in [6.07, 6.45) is 3.88. The highest BCUT2D eigenvalue weighted by Crippen LogP contribution is 2.33. The van der Waals surface area contributed by atoms with E-state index >= 15 is 0 Å². The Morgan fingerprint density at radius 1 is 1.26 bits per heavy atom. The summed E-state index contributed by atoms with van der Waals surface area (Å²) >= 11 is 0. The monoisotopic (exact) mass is 317 g/mol. The molecule has 2 N–H and O–H groups in total. The third-order valence-corrected chi connectivity index (χ3v) is 5.01. The lowest BCUT2D eigenvalue weighted by atomic mass is 9.80. The molecule has 1 aliphatic heterocycles. The van der Waals surface area contributed by atoms with Gasteiger partial charge in [0.2, 0.25) is 5.91 Å². The molecule has 2 aliphatic rings. The molecule has 124 valence electrons. The first-order valence-electron chi connectivity index (χ1n) is 8.29. The number of nitrogens with one attached hydrogen (secondary N) is 1. The molecule has 5 nitrogen and oxygen atoms in total. The number of fused-ring (bicyclic) bond motifs is 1. The van der Waals surface area contributed by atoms with Crippen LogP contribution in [-0.4, -0.2) is 35.7 Å². The molecule has 3 rings (SSSR count). The highest BCUT2D eigenvalue weighted by Gasteiger charge is 2.38. The topological polar surface area (TPSA) is 75.6 Å². The van der Waals surface area contributed by atoms with Crippen molar-refractivity contribution in [2.45, 2.75) is 50.0 Å². The zero-order valence-electron chi connectivity index (χ0n) is 13.2. The number of carbonyl (C=O) groups is 2. The molecule has 1 atom stereocenters. The summed E-state index contributed by atoms with van der Waals surface area (Å²) in [4.78, 5) is 24.1. The molecule has 1 heterocycles. The van der Waals surface area contributed by atoms with Crippen LogP contribution in [0.25, 0.3) is 0 Å². The summed E-state index contributed by atoms with van der Waals surface area (Å²) in [5, 5.41) is 12.3. The second-order valence-electron chi connectivity index (χ2n) is 6.60. The number of ether oxygens (including phenoxy) is 1. The normalized spacial score (nSPS) is 22.9. The van der Waals surface area contributed by atoms with Crippen molar-refractivity contribution in [3.63, 3.8) is 0 Å². The number of rotatable bonds is 4. The van der Waals surface area contributed by atoms with Gasteiger partial charge in [-0.05, 0) is 43.2 Å². The molecule has 1 aromatic rings. The average Bonchev–Trinajstić information content (AvgIpc) is 2.54. The molecule has 0 radical (unpaired) electrons. The van der Waals surface area contributed by atoms with Gasteiger partial charge in [0.05, 0.1) is 17.9 Å². The smallest absolute Gasteiger partial charge is 0.305 e. The summed E-state index contributed by atoms with van der Waals surface area (Å²) in [6.45, 7) is 0.990. The van der Waals surface area contributed by atoms with Crippen molar-refractivity contribution in [3.05, 3.63) is 35.4 Å². The van der Waals surface area contributed by atoms with E-state index in [0.29, 0.717) is 26.1 Å². The van der Waals surface area contributed by atoms with Crippen LogP contribution < -0.4 is 5.32 Å². The van der Waals surface area contributed by atoms with Crippen LogP contribution in [0, 0.1) is 0 Å². The number of carbonyl (C=O) groups excluding carboxylic acids is 1. The predicted molar refractivity (Wildman–Crippen MR) is 85.3 cm³/mol. The highest BCUT2D eigenvalue weighted by atomic mass is 16.5. The van der Waals surface area contributed by atoms with Crippen molar-refractivity contribution in [1.29, 1.82) is 0 Å². The van der Waals surface area contributed by atoms with Crippen LogP contribution in [0.1, 0.15) is 49.1 Å². The lowest BCUT2D eigenvalue weighted by Gasteiger charge is -2.38. The fourth-order valence-electron chi connectivity index (χ4n) is 3.77. The Kier molecular flexibility index (Phi) is 4.66. The van der Waals surface area contributed by atoms with Crippen LogP contribution in [0.15, 0.2) is 24.3 Å². The molecule has 0 saturated carbocycles. The van der Waals surface area contributed by atoms with Crippen molar-refractivity contribution in [2.24, 2.45) is 0 Å². The van der Waals surface area contributed by atoms with Gasteiger partial charge in [0.15, 0.2) is 0 Å². The van der Waals surface area contributed by atoms with Crippen molar-refractivity contribution >= 4 is 11.9 Å². The van der Waals surface area contributed by atoms with Crippen molar-refractivity contribution in [1.82, 2.24) is 5.32 Å². The van der Waals surface area contributed by atoms with Crippen LogP contribution in [0.2, 0.25) is 0 Å². The van der Waals surface area contributed by atoms with E-state index < -0.39 is 11.5 Å². The molecule has 23 heavy (non-hydrogen) atoms. The van der Waals surface area contributed by atoms with Crippen LogP contribution in [0.5, 0.6) is 0 Å². The Morgan fingerprint density at radius 3 is 2.74 bits per heavy atom. The first-order chi connectivity index (χ1) is 11.1. The lowest BCUT2D eigenvalue weighted by molar-refractivity contribution is -0.140. The second kappa shape index (κ2) is 6.71. The lowest BCUT2D eigenvalue weighted by Crippen LogP contribution is -2.54. The van der Waals surface area contributed by atoms with E-state index in [9.17, 15) is 14.7 Å². The Labute approximate surface area is 136 Å². The van der Waals surface area contributed by atoms with Crippen molar-refractivity contribution in [2.75, 3.05) is 13.2 Å². The van der Waals surface area contributed by atoms with E-state index in [-0.39, 0.29) is 18.2 Å². The largest absolute Gasteiger partial charge is 0.481 e. The Balaban J connectivity index is 1.78. The van der Waals surface area contributed by atoms with Crippen LogP contribution >= 0.6 is 0 Å². The molecule has 0 unspecified atom stereocenters. The van der Waals surface area contributed by atoms with Gasteiger partial charge in [-0.2, -0.15) is 0 Å². The van der Waals surface area contributed by atoms with Gasteiger partial charge in [-0.3, -0.25) is 9.59 Å². The number of hydrogen-bond donors (Lipinski definition) is 2. The number of aryl methyl sites for hydroxylation is 1.